The highest BCUT2D eigenvalue weighted by Gasteiger charge is 2.17. The zero-order valence-electron chi connectivity index (χ0n) is 14.4. The van der Waals surface area contributed by atoms with Crippen molar-refractivity contribution in [1.82, 2.24) is 0 Å². The zero-order chi connectivity index (χ0) is 18.4. The van der Waals surface area contributed by atoms with Crippen molar-refractivity contribution in [3.63, 3.8) is 0 Å². The molecule has 7 nitrogen and oxygen atoms in total. The van der Waals surface area contributed by atoms with E-state index in [1.165, 1.54) is 30.9 Å². The number of nitrogens with zero attached hydrogens (tertiary/aromatic N) is 1. The Labute approximate surface area is 146 Å². The van der Waals surface area contributed by atoms with Crippen molar-refractivity contribution in [2.24, 2.45) is 0 Å². The number of carbonyl (C=O) groups excluding carboxylic acids is 1. The van der Waals surface area contributed by atoms with Crippen LogP contribution in [0.25, 0.3) is 0 Å². The maximum absolute atomic E-state index is 12.4. The Hall–Kier alpha value is -3.09. The molecule has 25 heavy (non-hydrogen) atoms. The number of methoxy groups -OCH3 is 1. The summed E-state index contributed by atoms with van der Waals surface area (Å²) < 4.78 is 5.15. The van der Waals surface area contributed by atoms with Crippen LogP contribution in [-0.4, -0.2) is 24.0 Å². The number of aryl methyl sites for hydroxylation is 1. The standard InChI is InChI=1S/C18H21N3O4/c1-4-13-5-7-14(8-6-13)19-12(2)18(22)20-16-11-15(21(23)24)9-10-17(16)25-3/h5-12,19H,4H2,1-3H3,(H,20,22)/t12-/m0/s1. The molecule has 0 unspecified atom stereocenters. The van der Waals surface area contributed by atoms with Gasteiger partial charge in [-0.05, 0) is 37.1 Å². The summed E-state index contributed by atoms with van der Waals surface area (Å²) in [7, 11) is 1.44. The number of benzene rings is 2. The first-order valence-corrected chi connectivity index (χ1v) is 7.93. The second-order valence-electron chi connectivity index (χ2n) is 5.55. The lowest BCUT2D eigenvalue weighted by Gasteiger charge is -2.16. The predicted molar refractivity (Wildman–Crippen MR) is 97.2 cm³/mol. The quantitative estimate of drug-likeness (QED) is 0.592. The van der Waals surface area contributed by atoms with Gasteiger partial charge in [0, 0.05) is 17.8 Å². The van der Waals surface area contributed by atoms with Crippen molar-refractivity contribution < 1.29 is 14.5 Å². The lowest BCUT2D eigenvalue weighted by molar-refractivity contribution is -0.384. The van der Waals surface area contributed by atoms with Gasteiger partial charge in [-0.3, -0.25) is 14.9 Å². The van der Waals surface area contributed by atoms with Crippen molar-refractivity contribution in [3.8, 4) is 5.75 Å². The van der Waals surface area contributed by atoms with E-state index < -0.39 is 11.0 Å². The molecule has 0 aromatic heterocycles. The fourth-order valence-corrected chi connectivity index (χ4v) is 2.30. The van der Waals surface area contributed by atoms with Gasteiger partial charge < -0.3 is 15.4 Å². The van der Waals surface area contributed by atoms with Crippen LogP contribution in [0, 0.1) is 10.1 Å². The Kier molecular flexibility index (Phi) is 5.94. The molecule has 1 amide bonds. The topological polar surface area (TPSA) is 93.5 Å². The Morgan fingerprint density at radius 3 is 2.48 bits per heavy atom. The molecule has 0 aliphatic carbocycles. The molecule has 0 saturated carbocycles. The van der Waals surface area contributed by atoms with Crippen LogP contribution in [0.3, 0.4) is 0 Å². The fourth-order valence-electron chi connectivity index (χ4n) is 2.30. The summed E-state index contributed by atoms with van der Waals surface area (Å²) >= 11 is 0. The number of anilines is 2. The van der Waals surface area contributed by atoms with Crippen LogP contribution >= 0.6 is 0 Å². The van der Waals surface area contributed by atoms with E-state index in [1.54, 1.807) is 6.92 Å². The third kappa shape index (κ3) is 4.69. The lowest BCUT2D eigenvalue weighted by Crippen LogP contribution is -2.32. The van der Waals surface area contributed by atoms with Gasteiger partial charge in [-0.1, -0.05) is 19.1 Å². The van der Waals surface area contributed by atoms with Crippen LogP contribution in [0.15, 0.2) is 42.5 Å². The number of amides is 1. The zero-order valence-corrected chi connectivity index (χ0v) is 14.4. The van der Waals surface area contributed by atoms with Gasteiger partial charge in [-0.25, -0.2) is 0 Å². The van der Waals surface area contributed by atoms with Gasteiger partial charge in [0.25, 0.3) is 5.69 Å². The number of nitro groups is 1. The van der Waals surface area contributed by atoms with E-state index in [1.807, 2.05) is 24.3 Å². The molecule has 0 radical (unpaired) electrons. The number of ether oxygens (including phenoxy) is 1. The average Bonchev–Trinajstić information content (AvgIpc) is 2.62. The normalized spacial score (nSPS) is 11.5. The maximum Gasteiger partial charge on any atom is 0.271 e. The minimum atomic E-state index is -0.531. The summed E-state index contributed by atoms with van der Waals surface area (Å²) in [6.07, 6.45) is 0.947. The number of hydrogen-bond donors (Lipinski definition) is 2. The van der Waals surface area contributed by atoms with Crippen LogP contribution in [0.1, 0.15) is 19.4 Å². The van der Waals surface area contributed by atoms with Gasteiger partial charge in [0.15, 0.2) is 0 Å². The number of nitrogens with one attached hydrogen (secondary N) is 2. The second-order valence-corrected chi connectivity index (χ2v) is 5.55. The van der Waals surface area contributed by atoms with Gasteiger partial charge in [-0.15, -0.1) is 0 Å². The fraction of sp³-hybridized carbons (Fsp3) is 0.278. The van der Waals surface area contributed by atoms with E-state index in [4.69, 9.17) is 4.74 Å². The molecule has 132 valence electrons. The first-order valence-electron chi connectivity index (χ1n) is 7.93. The summed E-state index contributed by atoms with van der Waals surface area (Å²) in [4.78, 5) is 22.8. The van der Waals surface area contributed by atoms with Gasteiger partial charge in [0.2, 0.25) is 5.91 Å². The monoisotopic (exact) mass is 343 g/mol. The molecule has 0 aliphatic heterocycles. The first-order chi connectivity index (χ1) is 11.9. The number of rotatable bonds is 7. The molecule has 2 aromatic rings. The second kappa shape index (κ2) is 8.14. The number of hydrogen-bond acceptors (Lipinski definition) is 5. The molecule has 2 aromatic carbocycles. The number of non-ortho nitro benzene ring substituents is 1. The summed E-state index contributed by atoms with van der Waals surface area (Å²) in [5, 5.41) is 16.7. The van der Waals surface area contributed by atoms with Gasteiger partial charge in [0.05, 0.1) is 17.7 Å². The summed E-state index contributed by atoms with van der Waals surface area (Å²) in [6.45, 7) is 3.79. The van der Waals surface area contributed by atoms with Crippen molar-refractivity contribution in [2.75, 3.05) is 17.7 Å². The van der Waals surface area contributed by atoms with Gasteiger partial charge >= 0.3 is 0 Å². The van der Waals surface area contributed by atoms with Crippen molar-refractivity contribution in [1.29, 1.82) is 0 Å². The van der Waals surface area contributed by atoms with Crippen LogP contribution in [-0.2, 0) is 11.2 Å². The predicted octanol–water partition coefficient (Wildman–Crippen LogP) is 3.60. The highest BCUT2D eigenvalue weighted by atomic mass is 16.6. The highest BCUT2D eigenvalue weighted by molar-refractivity contribution is 5.97. The van der Waals surface area contributed by atoms with Crippen LogP contribution in [0.5, 0.6) is 5.75 Å². The minimum Gasteiger partial charge on any atom is -0.495 e. The third-order valence-corrected chi connectivity index (χ3v) is 3.79. The summed E-state index contributed by atoms with van der Waals surface area (Å²) in [5.41, 5.74) is 2.18. The van der Waals surface area contributed by atoms with E-state index in [9.17, 15) is 14.9 Å². The van der Waals surface area contributed by atoms with E-state index in [2.05, 4.69) is 17.6 Å². The van der Waals surface area contributed by atoms with Crippen molar-refractivity contribution >= 4 is 23.0 Å². The van der Waals surface area contributed by atoms with Crippen LogP contribution in [0.2, 0.25) is 0 Å². The molecule has 0 saturated heterocycles. The molecule has 7 heteroatoms. The molecular weight excluding hydrogens is 322 g/mol. The van der Waals surface area contributed by atoms with Crippen molar-refractivity contribution in [2.45, 2.75) is 26.3 Å². The summed E-state index contributed by atoms with van der Waals surface area (Å²) in [6, 6.07) is 11.3. The Morgan fingerprint density at radius 2 is 1.92 bits per heavy atom. The molecule has 2 rings (SSSR count). The minimum absolute atomic E-state index is 0.119. The third-order valence-electron chi connectivity index (χ3n) is 3.79. The van der Waals surface area contributed by atoms with Gasteiger partial charge in [0.1, 0.15) is 11.8 Å². The maximum atomic E-state index is 12.4. The first kappa shape index (κ1) is 18.3. The van der Waals surface area contributed by atoms with Crippen molar-refractivity contribution in [3.05, 3.63) is 58.1 Å². The Balaban J connectivity index is 2.09. The SMILES string of the molecule is CCc1ccc(N[C@@H](C)C(=O)Nc2cc([N+](=O)[O-])ccc2OC)cc1. The number of carbonyl (C=O) groups is 1. The van der Waals surface area contributed by atoms with Crippen LogP contribution < -0.4 is 15.4 Å². The number of nitro benzene ring substituents is 1. The lowest BCUT2D eigenvalue weighted by atomic mass is 10.1. The molecule has 0 aliphatic rings. The van der Waals surface area contributed by atoms with Gasteiger partial charge in [-0.2, -0.15) is 0 Å². The van der Waals surface area contributed by atoms with Crippen LogP contribution in [0.4, 0.5) is 17.1 Å². The van der Waals surface area contributed by atoms with E-state index >= 15 is 0 Å². The molecular formula is C18H21N3O4. The molecule has 1 atom stereocenters. The summed E-state index contributed by atoms with van der Waals surface area (Å²) in [5.74, 6) is 0.0387. The molecule has 0 heterocycles. The molecule has 0 fully saturated rings. The molecule has 0 spiro atoms. The van der Waals surface area contributed by atoms with E-state index in [0.717, 1.165) is 12.1 Å². The molecule has 2 N–H and O–H groups in total. The highest BCUT2D eigenvalue weighted by Crippen LogP contribution is 2.29. The average molecular weight is 343 g/mol. The molecule has 0 bridgehead atoms. The smallest absolute Gasteiger partial charge is 0.271 e. The van der Waals surface area contributed by atoms with E-state index in [-0.39, 0.29) is 17.3 Å². The Bertz CT molecular complexity index is 759. The van der Waals surface area contributed by atoms with E-state index in [0.29, 0.717) is 5.75 Å². The largest absolute Gasteiger partial charge is 0.495 e. The Morgan fingerprint density at radius 1 is 1.24 bits per heavy atom.